The first-order valence-electron chi connectivity index (χ1n) is 10.3. The third-order valence-corrected chi connectivity index (χ3v) is 5.79. The van der Waals surface area contributed by atoms with Crippen molar-refractivity contribution in [2.75, 3.05) is 30.8 Å². The Hall–Kier alpha value is -3.43. The van der Waals surface area contributed by atoms with E-state index >= 15 is 0 Å². The van der Waals surface area contributed by atoms with Crippen LogP contribution < -0.4 is 20.1 Å². The Morgan fingerprint density at radius 2 is 1.79 bits per heavy atom. The van der Waals surface area contributed by atoms with Crippen LogP contribution in [0.1, 0.15) is 23.2 Å². The number of rotatable bonds is 4. The normalized spacial score (nSPS) is 17.8. The highest BCUT2D eigenvalue weighted by Gasteiger charge is 2.25. The van der Waals surface area contributed by atoms with E-state index < -0.39 is 23.7 Å². The van der Waals surface area contributed by atoms with E-state index in [-0.39, 0.29) is 39.5 Å². The monoisotopic (exact) mass is 473 g/mol. The Balaban J connectivity index is 1.58. The van der Waals surface area contributed by atoms with Crippen molar-refractivity contribution in [1.29, 1.82) is 0 Å². The molecule has 0 saturated carbocycles. The minimum Gasteiger partial charge on any atom is -0.419 e. The van der Waals surface area contributed by atoms with Crippen molar-refractivity contribution < 1.29 is 28.2 Å². The summed E-state index contributed by atoms with van der Waals surface area (Å²) in [6, 6.07) is 6.87. The second-order valence-electron chi connectivity index (χ2n) is 7.77. The largest absolute Gasteiger partial charge is 0.419 e. The lowest BCUT2D eigenvalue weighted by Crippen LogP contribution is -2.37. The number of hydrogen-bond donors (Lipinski definition) is 2. The van der Waals surface area contributed by atoms with Crippen molar-refractivity contribution in [2.45, 2.75) is 18.9 Å². The SMILES string of the molecule is CN1CCC(Nc2c(F)ccc(NC(=O)c3cccc4c3OC(=O)/C=C/C(=O)O4)c2Cl)CC1. The molecule has 2 aliphatic heterocycles. The quantitative estimate of drug-likeness (QED) is 0.517. The highest BCUT2D eigenvalue weighted by molar-refractivity contribution is 6.36. The van der Waals surface area contributed by atoms with Gasteiger partial charge in [-0.05, 0) is 57.2 Å². The summed E-state index contributed by atoms with van der Waals surface area (Å²) in [5.41, 5.74) is 0.220. The zero-order chi connectivity index (χ0) is 23.5. The van der Waals surface area contributed by atoms with Crippen LogP contribution in [0.3, 0.4) is 0 Å². The van der Waals surface area contributed by atoms with Crippen molar-refractivity contribution in [2.24, 2.45) is 0 Å². The topological polar surface area (TPSA) is 97.0 Å². The molecule has 1 fully saturated rings. The number of anilines is 2. The maximum atomic E-state index is 14.5. The second kappa shape index (κ2) is 9.60. The summed E-state index contributed by atoms with van der Waals surface area (Å²) in [6.07, 6.45) is 3.49. The molecule has 0 bridgehead atoms. The molecule has 0 unspecified atom stereocenters. The zero-order valence-corrected chi connectivity index (χ0v) is 18.4. The molecule has 33 heavy (non-hydrogen) atoms. The Morgan fingerprint density at radius 1 is 1.09 bits per heavy atom. The summed E-state index contributed by atoms with van der Waals surface area (Å²) in [5.74, 6) is -3.12. The molecule has 4 rings (SSSR count). The highest BCUT2D eigenvalue weighted by atomic mass is 35.5. The molecule has 2 aliphatic rings. The average molecular weight is 474 g/mol. The molecule has 1 amide bonds. The van der Waals surface area contributed by atoms with Gasteiger partial charge >= 0.3 is 11.9 Å². The van der Waals surface area contributed by atoms with Crippen LogP contribution in [0.2, 0.25) is 5.02 Å². The van der Waals surface area contributed by atoms with Gasteiger partial charge in [0.15, 0.2) is 11.5 Å². The lowest BCUT2D eigenvalue weighted by Gasteiger charge is -2.30. The van der Waals surface area contributed by atoms with E-state index in [0.29, 0.717) is 0 Å². The highest BCUT2D eigenvalue weighted by Crippen LogP contribution is 2.36. The molecule has 0 radical (unpaired) electrons. The van der Waals surface area contributed by atoms with E-state index in [4.69, 9.17) is 21.1 Å². The van der Waals surface area contributed by atoms with Crippen LogP contribution in [-0.4, -0.2) is 48.9 Å². The third-order valence-electron chi connectivity index (χ3n) is 5.40. The van der Waals surface area contributed by atoms with Crippen molar-refractivity contribution >= 4 is 40.8 Å². The summed E-state index contributed by atoms with van der Waals surface area (Å²) in [7, 11) is 2.03. The van der Waals surface area contributed by atoms with Crippen LogP contribution >= 0.6 is 11.6 Å². The summed E-state index contributed by atoms with van der Waals surface area (Å²) in [4.78, 5) is 38.8. The second-order valence-corrected chi connectivity index (χ2v) is 8.15. The van der Waals surface area contributed by atoms with Crippen LogP contribution in [0, 0.1) is 5.82 Å². The first kappa shape index (κ1) is 22.8. The van der Waals surface area contributed by atoms with E-state index in [1.165, 1.54) is 30.3 Å². The fourth-order valence-corrected chi connectivity index (χ4v) is 3.88. The summed E-state index contributed by atoms with van der Waals surface area (Å²) in [5, 5.41) is 5.78. The van der Waals surface area contributed by atoms with Gasteiger partial charge < -0.3 is 25.0 Å². The number of hydrogen-bond acceptors (Lipinski definition) is 7. The number of nitrogens with zero attached hydrogens (tertiary/aromatic N) is 1. The summed E-state index contributed by atoms with van der Waals surface area (Å²) in [6.45, 7) is 1.76. The predicted octanol–water partition coefficient (Wildman–Crippen LogP) is 3.62. The van der Waals surface area contributed by atoms with Crippen molar-refractivity contribution in [3.05, 3.63) is 58.9 Å². The van der Waals surface area contributed by atoms with Crippen LogP contribution in [-0.2, 0) is 9.59 Å². The zero-order valence-electron chi connectivity index (χ0n) is 17.7. The first-order valence-corrected chi connectivity index (χ1v) is 10.7. The van der Waals surface area contributed by atoms with E-state index in [1.807, 2.05) is 7.05 Å². The maximum absolute atomic E-state index is 14.5. The molecule has 2 N–H and O–H groups in total. The van der Waals surface area contributed by atoms with Crippen molar-refractivity contribution in [1.82, 2.24) is 4.90 Å². The van der Waals surface area contributed by atoms with E-state index in [9.17, 15) is 18.8 Å². The van der Waals surface area contributed by atoms with E-state index in [1.54, 1.807) is 0 Å². The smallest absolute Gasteiger partial charge is 0.336 e. The number of likely N-dealkylation sites (tertiary alicyclic amines) is 1. The molecular formula is C23H21ClFN3O5. The number of ether oxygens (including phenoxy) is 2. The molecule has 0 aromatic heterocycles. The number of carbonyl (C=O) groups is 3. The molecule has 0 aliphatic carbocycles. The van der Waals surface area contributed by atoms with Crippen LogP contribution in [0.4, 0.5) is 15.8 Å². The number of esters is 2. The standard InChI is InChI=1S/C23H21ClFN3O5/c1-28-11-9-13(10-12-28)26-21-15(25)5-6-16(20(21)24)27-23(31)14-3-2-4-17-22(14)33-19(30)8-7-18(29)32-17/h2-8,13,26H,9-12H2,1H3,(H,27,31)/b8-7+. The fraction of sp³-hybridized carbons (Fsp3) is 0.261. The lowest BCUT2D eigenvalue weighted by molar-refractivity contribution is -0.133. The van der Waals surface area contributed by atoms with Gasteiger partial charge in [0.2, 0.25) is 0 Å². The minimum absolute atomic E-state index is 0.0208. The summed E-state index contributed by atoms with van der Waals surface area (Å²) >= 11 is 6.44. The van der Waals surface area contributed by atoms with Gasteiger partial charge in [-0.15, -0.1) is 0 Å². The fourth-order valence-electron chi connectivity index (χ4n) is 3.62. The molecule has 8 nitrogen and oxygen atoms in total. The minimum atomic E-state index is -0.836. The Bertz CT molecular complexity index is 1150. The molecule has 1 saturated heterocycles. The molecule has 2 aromatic carbocycles. The first-order chi connectivity index (χ1) is 15.8. The number of carbonyl (C=O) groups excluding carboxylic acids is 3. The molecular weight excluding hydrogens is 453 g/mol. The van der Waals surface area contributed by atoms with Gasteiger partial charge in [0, 0.05) is 18.2 Å². The average Bonchev–Trinajstić information content (AvgIpc) is 2.78. The van der Waals surface area contributed by atoms with Gasteiger partial charge in [-0.25, -0.2) is 14.0 Å². The van der Waals surface area contributed by atoms with Gasteiger partial charge in [-0.1, -0.05) is 17.7 Å². The maximum Gasteiger partial charge on any atom is 0.336 e. The number of halogens is 2. The predicted molar refractivity (Wildman–Crippen MR) is 120 cm³/mol. The van der Waals surface area contributed by atoms with Crippen LogP contribution in [0.25, 0.3) is 0 Å². The van der Waals surface area contributed by atoms with Crippen LogP contribution in [0.5, 0.6) is 11.5 Å². The van der Waals surface area contributed by atoms with E-state index in [2.05, 4.69) is 15.5 Å². The molecule has 0 atom stereocenters. The number of fused-ring (bicyclic) bond motifs is 1. The number of benzene rings is 2. The molecule has 10 heteroatoms. The Labute approximate surface area is 194 Å². The Kier molecular flexibility index (Phi) is 6.62. The van der Waals surface area contributed by atoms with Gasteiger partial charge in [0.05, 0.1) is 22.0 Å². The molecule has 172 valence electrons. The van der Waals surface area contributed by atoms with Crippen molar-refractivity contribution in [3.8, 4) is 11.5 Å². The number of nitrogens with one attached hydrogen (secondary N) is 2. The molecule has 2 aromatic rings. The van der Waals surface area contributed by atoms with Crippen molar-refractivity contribution in [3.63, 3.8) is 0 Å². The van der Waals surface area contributed by atoms with E-state index in [0.717, 1.165) is 38.1 Å². The number of piperidine rings is 1. The number of para-hydroxylation sites is 1. The molecule has 0 spiro atoms. The Morgan fingerprint density at radius 3 is 2.52 bits per heavy atom. The summed E-state index contributed by atoms with van der Waals surface area (Å²) < 4.78 is 24.8. The third kappa shape index (κ3) is 5.15. The van der Waals surface area contributed by atoms with Gasteiger partial charge in [0.25, 0.3) is 5.91 Å². The van der Waals surface area contributed by atoms with Gasteiger partial charge in [0.1, 0.15) is 5.82 Å². The van der Waals surface area contributed by atoms with Gasteiger partial charge in [-0.2, -0.15) is 0 Å². The van der Waals surface area contributed by atoms with Crippen LogP contribution in [0.15, 0.2) is 42.5 Å². The molecule has 2 heterocycles. The lowest BCUT2D eigenvalue weighted by atomic mass is 10.0. The number of amides is 1. The van der Waals surface area contributed by atoms with Gasteiger partial charge in [-0.3, -0.25) is 4.79 Å².